The number of rotatable bonds is 4. The zero-order valence-corrected chi connectivity index (χ0v) is 15.3. The molecule has 2 heterocycles. The molecule has 0 aliphatic carbocycles. The largest absolute Gasteiger partial charge is 0.334 e. The van der Waals surface area contributed by atoms with Gasteiger partial charge < -0.3 is 9.42 Å². The summed E-state index contributed by atoms with van der Waals surface area (Å²) in [7, 11) is 0. The second kappa shape index (κ2) is 6.95. The van der Waals surface area contributed by atoms with Crippen molar-refractivity contribution < 1.29 is 13.7 Å². The number of carbonyl (C=O) groups is 1. The molecule has 4 rings (SSSR count). The van der Waals surface area contributed by atoms with Crippen LogP contribution in [0, 0.1) is 12.7 Å². The first-order valence-electron chi connectivity index (χ1n) is 9.04. The number of aryl methyl sites for hydroxylation is 2. The number of hydrogen-bond donors (Lipinski definition) is 0. The third-order valence-electron chi connectivity index (χ3n) is 4.99. The van der Waals surface area contributed by atoms with Gasteiger partial charge in [-0.15, -0.1) is 0 Å². The third kappa shape index (κ3) is 3.35. The first kappa shape index (κ1) is 17.4. The van der Waals surface area contributed by atoms with E-state index in [2.05, 4.69) is 17.1 Å². The molecule has 1 aliphatic rings. The molecular weight excluding hydrogens is 345 g/mol. The van der Waals surface area contributed by atoms with Gasteiger partial charge in [0.2, 0.25) is 5.91 Å². The zero-order chi connectivity index (χ0) is 19.0. The molecule has 1 saturated heterocycles. The van der Waals surface area contributed by atoms with Crippen molar-refractivity contribution in [2.45, 2.75) is 32.6 Å². The van der Waals surface area contributed by atoms with Gasteiger partial charge in [0.15, 0.2) is 5.82 Å². The normalized spacial score (nSPS) is 16.9. The van der Waals surface area contributed by atoms with Gasteiger partial charge in [0.25, 0.3) is 5.89 Å². The van der Waals surface area contributed by atoms with Crippen molar-refractivity contribution in [2.75, 3.05) is 11.4 Å². The van der Waals surface area contributed by atoms with Crippen molar-refractivity contribution in [1.82, 2.24) is 10.1 Å². The molecule has 1 aromatic heterocycles. The maximum Gasteiger partial charge on any atom is 0.257 e. The molecule has 2 aromatic carbocycles. The first-order valence-corrected chi connectivity index (χ1v) is 9.04. The number of amides is 1. The van der Waals surface area contributed by atoms with Crippen LogP contribution in [0.1, 0.15) is 36.2 Å². The van der Waals surface area contributed by atoms with E-state index in [1.54, 1.807) is 24.0 Å². The summed E-state index contributed by atoms with van der Waals surface area (Å²) in [5.41, 5.74) is 3.31. The molecule has 1 aliphatic heterocycles. The van der Waals surface area contributed by atoms with Crippen LogP contribution in [-0.2, 0) is 11.2 Å². The summed E-state index contributed by atoms with van der Waals surface area (Å²) in [5.74, 6) is 0.536. The summed E-state index contributed by atoms with van der Waals surface area (Å²) in [6.45, 7) is 4.25. The Kier molecular flexibility index (Phi) is 4.48. The summed E-state index contributed by atoms with van der Waals surface area (Å²) >= 11 is 0. The Labute approximate surface area is 156 Å². The van der Waals surface area contributed by atoms with Crippen molar-refractivity contribution >= 4 is 11.6 Å². The average molecular weight is 365 g/mol. The fraction of sp³-hybridized carbons (Fsp3) is 0.286. The highest BCUT2D eigenvalue weighted by molar-refractivity contribution is 5.96. The van der Waals surface area contributed by atoms with E-state index in [1.165, 1.54) is 11.6 Å². The molecular formula is C21H20FN3O2. The van der Waals surface area contributed by atoms with E-state index >= 15 is 0 Å². The quantitative estimate of drug-likeness (QED) is 0.693. The Balaban J connectivity index is 1.53. The fourth-order valence-electron chi connectivity index (χ4n) is 3.33. The van der Waals surface area contributed by atoms with Crippen molar-refractivity contribution in [3.05, 3.63) is 65.2 Å². The molecule has 0 radical (unpaired) electrons. The lowest BCUT2D eigenvalue weighted by Gasteiger charge is -2.16. The molecule has 0 bridgehead atoms. The predicted octanol–water partition coefficient (Wildman–Crippen LogP) is 4.27. The number of hydrogen-bond acceptors (Lipinski definition) is 4. The second-order valence-electron chi connectivity index (χ2n) is 6.85. The monoisotopic (exact) mass is 365 g/mol. The number of aromatic nitrogens is 2. The van der Waals surface area contributed by atoms with Gasteiger partial charge >= 0.3 is 0 Å². The summed E-state index contributed by atoms with van der Waals surface area (Å²) < 4.78 is 18.9. The Hall–Kier alpha value is -3.02. The van der Waals surface area contributed by atoms with E-state index in [-0.39, 0.29) is 17.6 Å². The fourth-order valence-corrected chi connectivity index (χ4v) is 3.33. The number of nitrogens with zero attached hydrogens (tertiary/aromatic N) is 3. The SMILES string of the molecule is CCc1ccc(-c2nc(C3CC(=O)N(c4ccc(F)c(C)c4)C3)no2)cc1. The van der Waals surface area contributed by atoms with Crippen molar-refractivity contribution in [3.8, 4) is 11.5 Å². The van der Waals surface area contributed by atoms with Crippen LogP contribution < -0.4 is 4.90 Å². The summed E-state index contributed by atoms with van der Waals surface area (Å²) in [6.07, 6.45) is 1.28. The van der Waals surface area contributed by atoms with Gasteiger partial charge in [0.05, 0.1) is 0 Å². The lowest BCUT2D eigenvalue weighted by molar-refractivity contribution is -0.117. The van der Waals surface area contributed by atoms with Crippen LogP contribution in [0.15, 0.2) is 47.0 Å². The molecule has 1 atom stereocenters. The third-order valence-corrected chi connectivity index (χ3v) is 4.99. The highest BCUT2D eigenvalue weighted by atomic mass is 19.1. The Morgan fingerprint density at radius 2 is 2.00 bits per heavy atom. The maximum absolute atomic E-state index is 13.5. The topological polar surface area (TPSA) is 59.2 Å². The molecule has 6 heteroatoms. The smallest absolute Gasteiger partial charge is 0.257 e. The number of anilines is 1. The average Bonchev–Trinajstić information content (AvgIpc) is 3.31. The number of carbonyl (C=O) groups excluding carboxylic acids is 1. The lowest BCUT2D eigenvalue weighted by atomic mass is 10.1. The molecule has 1 unspecified atom stereocenters. The van der Waals surface area contributed by atoms with E-state index in [9.17, 15) is 9.18 Å². The minimum absolute atomic E-state index is 0.0235. The zero-order valence-electron chi connectivity index (χ0n) is 15.3. The summed E-state index contributed by atoms with van der Waals surface area (Å²) in [4.78, 5) is 18.6. The molecule has 1 fully saturated rings. The van der Waals surface area contributed by atoms with Gasteiger partial charge in [0, 0.05) is 30.1 Å². The van der Waals surface area contributed by atoms with Crippen LogP contribution in [0.25, 0.3) is 11.5 Å². The Morgan fingerprint density at radius 1 is 1.22 bits per heavy atom. The first-order chi connectivity index (χ1) is 13.0. The maximum atomic E-state index is 13.5. The standard InChI is InChI=1S/C21H20FN3O2/c1-3-14-4-6-15(7-5-14)21-23-20(24-27-21)16-11-19(26)25(12-16)17-8-9-18(22)13(2)10-17/h4-10,16H,3,11-12H2,1-2H3. The number of benzene rings is 2. The van der Waals surface area contributed by atoms with Crippen LogP contribution in [0.2, 0.25) is 0 Å². The van der Waals surface area contributed by atoms with Gasteiger partial charge in [-0.25, -0.2) is 4.39 Å². The van der Waals surface area contributed by atoms with Crippen molar-refractivity contribution in [2.24, 2.45) is 0 Å². The van der Waals surface area contributed by atoms with Crippen LogP contribution in [0.5, 0.6) is 0 Å². The van der Waals surface area contributed by atoms with E-state index in [4.69, 9.17) is 4.52 Å². The van der Waals surface area contributed by atoms with Gasteiger partial charge in [0.1, 0.15) is 5.82 Å². The minimum atomic E-state index is -0.279. The molecule has 27 heavy (non-hydrogen) atoms. The number of halogens is 1. The summed E-state index contributed by atoms with van der Waals surface area (Å²) in [6, 6.07) is 12.7. The molecule has 3 aromatic rings. The van der Waals surface area contributed by atoms with Crippen molar-refractivity contribution in [3.63, 3.8) is 0 Å². The summed E-state index contributed by atoms with van der Waals surface area (Å²) in [5, 5.41) is 4.09. The molecule has 138 valence electrons. The molecule has 0 spiro atoms. The molecule has 0 N–H and O–H groups in total. The predicted molar refractivity (Wildman–Crippen MR) is 100.0 cm³/mol. The van der Waals surface area contributed by atoms with E-state index < -0.39 is 0 Å². The van der Waals surface area contributed by atoms with Crippen molar-refractivity contribution in [1.29, 1.82) is 0 Å². The van der Waals surface area contributed by atoms with Crippen LogP contribution in [-0.4, -0.2) is 22.6 Å². The van der Waals surface area contributed by atoms with Gasteiger partial charge in [-0.2, -0.15) is 4.98 Å². The molecule has 1 amide bonds. The van der Waals surface area contributed by atoms with Gasteiger partial charge in [-0.3, -0.25) is 4.79 Å². The van der Waals surface area contributed by atoms with Crippen LogP contribution >= 0.6 is 0 Å². The van der Waals surface area contributed by atoms with Gasteiger partial charge in [-0.05, 0) is 54.8 Å². The Morgan fingerprint density at radius 3 is 2.70 bits per heavy atom. The van der Waals surface area contributed by atoms with E-state index in [0.717, 1.165) is 12.0 Å². The Bertz CT molecular complexity index is 981. The highest BCUT2D eigenvalue weighted by Crippen LogP contribution is 2.32. The minimum Gasteiger partial charge on any atom is -0.334 e. The highest BCUT2D eigenvalue weighted by Gasteiger charge is 2.34. The van der Waals surface area contributed by atoms with E-state index in [1.807, 2.05) is 24.3 Å². The van der Waals surface area contributed by atoms with Crippen LogP contribution in [0.4, 0.5) is 10.1 Å². The molecule has 5 nitrogen and oxygen atoms in total. The lowest BCUT2D eigenvalue weighted by Crippen LogP contribution is -2.24. The van der Waals surface area contributed by atoms with Crippen LogP contribution in [0.3, 0.4) is 0 Å². The van der Waals surface area contributed by atoms with Gasteiger partial charge in [-0.1, -0.05) is 24.2 Å². The van der Waals surface area contributed by atoms with E-state index in [0.29, 0.717) is 35.9 Å². The second-order valence-corrected chi connectivity index (χ2v) is 6.85. The molecule has 0 saturated carbocycles.